The van der Waals surface area contributed by atoms with Gasteiger partial charge in [-0.15, -0.1) is 0 Å². The lowest BCUT2D eigenvalue weighted by atomic mass is 10.1. The minimum Gasteiger partial charge on any atom is -0.444 e. The monoisotopic (exact) mass is 299 g/mol. The lowest BCUT2D eigenvalue weighted by molar-refractivity contribution is 0.0105. The number of anilines is 1. The molecule has 0 bridgehead atoms. The molecule has 0 aliphatic carbocycles. The molecular weight excluding hydrogens is 278 g/mol. The van der Waals surface area contributed by atoms with Crippen LogP contribution in [0.15, 0.2) is 36.5 Å². The Morgan fingerprint density at radius 1 is 1.32 bits per heavy atom. The molecule has 5 heteroatoms. The maximum absolute atomic E-state index is 11.9. The van der Waals surface area contributed by atoms with Crippen LogP contribution in [0.25, 0.3) is 10.9 Å². The molecule has 0 atom stereocenters. The highest BCUT2D eigenvalue weighted by Gasteiger charge is 2.33. The summed E-state index contributed by atoms with van der Waals surface area (Å²) in [6.45, 7) is 6.97. The number of benzene rings is 1. The standard InChI is InChI=1S/C17H21N3O2/c1-17(2,3)22-16(21)20-10-14(11-20)19-13-6-7-15-12(9-13)5-4-8-18-15/h4-9,14,19H,10-11H2,1-3H3. The third kappa shape index (κ3) is 3.30. The zero-order valence-electron chi connectivity index (χ0n) is 13.2. The first kappa shape index (κ1) is 14.6. The lowest BCUT2D eigenvalue weighted by Crippen LogP contribution is -2.57. The SMILES string of the molecule is CC(C)(C)OC(=O)N1CC(Nc2ccc3ncccc3c2)C1. The molecule has 1 N–H and O–H groups in total. The van der Waals surface area contributed by atoms with Crippen molar-refractivity contribution in [1.29, 1.82) is 0 Å². The number of pyridine rings is 1. The van der Waals surface area contributed by atoms with Crippen molar-refractivity contribution in [3.63, 3.8) is 0 Å². The maximum Gasteiger partial charge on any atom is 0.410 e. The molecule has 3 rings (SSSR count). The summed E-state index contributed by atoms with van der Waals surface area (Å²) in [5.74, 6) is 0. The summed E-state index contributed by atoms with van der Waals surface area (Å²) in [6.07, 6.45) is 1.55. The van der Waals surface area contributed by atoms with Crippen LogP contribution in [0, 0.1) is 0 Å². The predicted molar refractivity (Wildman–Crippen MR) is 87.0 cm³/mol. The van der Waals surface area contributed by atoms with E-state index in [-0.39, 0.29) is 12.1 Å². The van der Waals surface area contributed by atoms with Crippen LogP contribution in [0.1, 0.15) is 20.8 Å². The average Bonchev–Trinajstić information content (AvgIpc) is 2.40. The lowest BCUT2D eigenvalue weighted by Gasteiger charge is -2.40. The molecule has 2 heterocycles. The Morgan fingerprint density at radius 2 is 2.09 bits per heavy atom. The number of hydrogen-bond donors (Lipinski definition) is 1. The second kappa shape index (κ2) is 5.48. The van der Waals surface area contributed by atoms with Gasteiger partial charge in [-0.3, -0.25) is 4.98 Å². The highest BCUT2D eigenvalue weighted by Crippen LogP contribution is 2.21. The van der Waals surface area contributed by atoms with Gasteiger partial charge < -0.3 is 15.0 Å². The Bertz CT molecular complexity index is 688. The quantitative estimate of drug-likeness (QED) is 0.924. The number of carbonyl (C=O) groups is 1. The van der Waals surface area contributed by atoms with E-state index < -0.39 is 5.60 Å². The zero-order valence-corrected chi connectivity index (χ0v) is 13.2. The number of fused-ring (bicyclic) bond motifs is 1. The summed E-state index contributed by atoms with van der Waals surface area (Å²) in [6, 6.07) is 10.3. The fourth-order valence-corrected chi connectivity index (χ4v) is 2.45. The molecule has 0 unspecified atom stereocenters. The van der Waals surface area contributed by atoms with Crippen LogP contribution in [0.2, 0.25) is 0 Å². The van der Waals surface area contributed by atoms with Gasteiger partial charge in [-0.25, -0.2) is 4.79 Å². The van der Waals surface area contributed by atoms with Gasteiger partial charge in [0.1, 0.15) is 5.60 Å². The fourth-order valence-electron chi connectivity index (χ4n) is 2.45. The molecule has 1 fully saturated rings. The van der Waals surface area contributed by atoms with Gasteiger partial charge in [0.25, 0.3) is 0 Å². The normalized spacial score (nSPS) is 15.5. The maximum atomic E-state index is 11.9. The highest BCUT2D eigenvalue weighted by molar-refractivity contribution is 5.82. The van der Waals surface area contributed by atoms with Crippen LogP contribution in [-0.4, -0.2) is 40.7 Å². The van der Waals surface area contributed by atoms with Crippen molar-refractivity contribution in [3.8, 4) is 0 Å². The Kier molecular flexibility index (Phi) is 3.64. The van der Waals surface area contributed by atoms with E-state index in [9.17, 15) is 4.79 Å². The molecule has 1 aliphatic heterocycles. The second-order valence-corrected chi connectivity index (χ2v) is 6.64. The summed E-state index contributed by atoms with van der Waals surface area (Å²) in [5, 5.41) is 4.55. The Labute approximate surface area is 130 Å². The minimum absolute atomic E-state index is 0.242. The number of nitrogens with one attached hydrogen (secondary N) is 1. The minimum atomic E-state index is -0.444. The van der Waals surface area contributed by atoms with Gasteiger partial charge in [0.15, 0.2) is 0 Å². The van der Waals surface area contributed by atoms with E-state index in [1.54, 1.807) is 11.1 Å². The third-order valence-electron chi connectivity index (χ3n) is 3.51. The Balaban J connectivity index is 1.56. The van der Waals surface area contributed by atoms with E-state index in [4.69, 9.17) is 4.74 Å². The van der Waals surface area contributed by atoms with Crippen LogP contribution < -0.4 is 5.32 Å². The first-order chi connectivity index (χ1) is 10.4. The zero-order chi connectivity index (χ0) is 15.7. The molecular formula is C17H21N3O2. The van der Waals surface area contributed by atoms with E-state index in [0.29, 0.717) is 13.1 Å². The van der Waals surface area contributed by atoms with Crippen molar-refractivity contribution < 1.29 is 9.53 Å². The number of aromatic nitrogens is 1. The van der Waals surface area contributed by atoms with E-state index in [2.05, 4.69) is 16.4 Å². The third-order valence-corrected chi connectivity index (χ3v) is 3.51. The number of nitrogens with zero attached hydrogens (tertiary/aromatic N) is 2. The van der Waals surface area contributed by atoms with E-state index in [1.165, 1.54) is 0 Å². The molecule has 1 aromatic carbocycles. The van der Waals surface area contributed by atoms with Gasteiger partial charge in [-0.2, -0.15) is 0 Å². The van der Waals surface area contributed by atoms with E-state index in [1.807, 2.05) is 45.0 Å². The summed E-state index contributed by atoms with van der Waals surface area (Å²) in [5.41, 5.74) is 1.59. The summed E-state index contributed by atoms with van der Waals surface area (Å²) < 4.78 is 5.35. The molecule has 22 heavy (non-hydrogen) atoms. The van der Waals surface area contributed by atoms with E-state index >= 15 is 0 Å². The summed E-state index contributed by atoms with van der Waals surface area (Å²) in [7, 11) is 0. The molecule has 1 aromatic heterocycles. The van der Waals surface area contributed by atoms with Gasteiger partial charge >= 0.3 is 6.09 Å². The average molecular weight is 299 g/mol. The number of rotatable bonds is 2. The molecule has 0 spiro atoms. The van der Waals surface area contributed by atoms with Gasteiger partial charge in [0.2, 0.25) is 0 Å². The molecule has 1 aliphatic rings. The van der Waals surface area contributed by atoms with Crippen LogP contribution in [0.5, 0.6) is 0 Å². The molecule has 0 radical (unpaired) electrons. The molecule has 0 saturated carbocycles. The van der Waals surface area contributed by atoms with Gasteiger partial charge in [-0.05, 0) is 45.0 Å². The van der Waals surface area contributed by atoms with Gasteiger partial charge in [0.05, 0.1) is 11.6 Å². The summed E-state index contributed by atoms with van der Waals surface area (Å²) >= 11 is 0. The Hall–Kier alpha value is -2.30. The van der Waals surface area contributed by atoms with Crippen LogP contribution >= 0.6 is 0 Å². The number of likely N-dealkylation sites (tertiary alicyclic amines) is 1. The highest BCUT2D eigenvalue weighted by atomic mass is 16.6. The molecule has 2 aromatic rings. The smallest absolute Gasteiger partial charge is 0.410 e. The van der Waals surface area contributed by atoms with Gasteiger partial charge in [0, 0.05) is 30.4 Å². The van der Waals surface area contributed by atoms with Crippen molar-refractivity contribution in [3.05, 3.63) is 36.5 Å². The van der Waals surface area contributed by atoms with Crippen molar-refractivity contribution >= 4 is 22.7 Å². The topological polar surface area (TPSA) is 54.5 Å². The Morgan fingerprint density at radius 3 is 2.82 bits per heavy atom. The fraction of sp³-hybridized carbons (Fsp3) is 0.412. The van der Waals surface area contributed by atoms with Crippen LogP contribution in [0.4, 0.5) is 10.5 Å². The first-order valence-corrected chi connectivity index (χ1v) is 7.50. The first-order valence-electron chi connectivity index (χ1n) is 7.50. The van der Waals surface area contributed by atoms with Crippen LogP contribution in [-0.2, 0) is 4.74 Å². The van der Waals surface area contributed by atoms with Crippen molar-refractivity contribution in [2.24, 2.45) is 0 Å². The molecule has 1 saturated heterocycles. The van der Waals surface area contributed by atoms with Crippen molar-refractivity contribution in [2.75, 3.05) is 18.4 Å². The van der Waals surface area contributed by atoms with E-state index in [0.717, 1.165) is 16.6 Å². The van der Waals surface area contributed by atoms with Gasteiger partial charge in [-0.1, -0.05) is 6.07 Å². The number of hydrogen-bond acceptors (Lipinski definition) is 4. The molecule has 5 nitrogen and oxygen atoms in total. The number of carbonyl (C=O) groups excluding carboxylic acids is 1. The largest absolute Gasteiger partial charge is 0.444 e. The predicted octanol–water partition coefficient (Wildman–Crippen LogP) is 3.27. The van der Waals surface area contributed by atoms with Crippen LogP contribution in [0.3, 0.4) is 0 Å². The number of amides is 1. The summed E-state index contributed by atoms with van der Waals surface area (Å²) in [4.78, 5) is 17.9. The molecule has 116 valence electrons. The van der Waals surface area contributed by atoms with Crippen molar-refractivity contribution in [2.45, 2.75) is 32.4 Å². The number of ether oxygens (including phenoxy) is 1. The van der Waals surface area contributed by atoms with Crippen molar-refractivity contribution in [1.82, 2.24) is 9.88 Å². The second-order valence-electron chi connectivity index (χ2n) is 6.64. The molecule has 1 amide bonds.